The van der Waals surface area contributed by atoms with Gasteiger partial charge in [0, 0.05) is 39.2 Å². The van der Waals surface area contributed by atoms with Crippen LogP contribution < -0.4 is 9.80 Å². The van der Waals surface area contributed by atoms with E-state index < -0.39 is 0 Å². The SMILES string of the molecule is CC1(C)c2ccccc2-c2cc(N(c3ccccc3)c3ccc4oc5cccc(N(c6ccccc6)c6ccccc6)c5c4c3)ccc21. The van der Waals surface area contributed by atoms with Crippen LogP contribution >= 0.6 is 0 Å². The second-order valence-corrected chi connectivity index (χ2v) is 13.0. The molecule has 0 amide bonds. The lowest BCUT2D eigenvalue weighted by atomic mass is 9.82. The summed E-state index contributed by atoms with van der Waals surface area (Å²) in [4.78, 5) is 4.68. The van der Waals surface area contributed by atoms with Crippen molar-refractivity contribution in [3.63, 3.8) is 0 Å². The predicted octanol–water partition coefficient (Wildman–Crippen LogP) is 12.8. The van der Waals surface area contributed by atoms with E-state index in [2.05, 4.69) is 194 Å². The van der Waals surface area contributed by atoms with Crippen molar-refractivity contribution in [1.82, 2.24) is 0 Å². The van der Waals surface area contributed by atoms with E-state index in [9.17, 15) is 0 Å². The molecule has 0 fully saturated rings. The van der Waals surface area contributed by atoms with Gasteiger partial charge in [-0.1, -0.05) is 105 Å². The fraction of sp³-hybridized carbons (Fsp3) is 0.0667. The molecule has 48 heavy (non-hydrogen) atoms. The van der Waals surface area contributed by atoms with Gasteiger partial charge >= 0.3 is 0 Å². The minimum absolute atomic E-state index is 0.0452. The van der Waals surface area contributed by atoms with E-state index in [1.165, 1.54) is 22.3 Å². The zero-order valence-electron chi connectivity index (χ0n) is 27.0. The summed E-state index contributed by atoms with van der Waals surface area (Å²) < 4.78 is 6.54. The lowest BCUT2D eigenvalue weighted by Gasteiger charge is -2.27. The van der Waals surface area contributed by atoms with Crippen LogP contribution in [0.3, 0.4) is 0 Å². The van der Waals surface area contributed by atoms with Crippen molar-refractivity contribution in [1.29, 1.82) is 0 Å². The monoisotopic (exact) mass is 618 g/mol. The molecule has 3 heteroatoms. The van der Waals surface area contributed by atoms with Gasteiger partial charge in [0.2, 0.25) is 0 Å². The Kier molecular flexibility index (Phi) is 6.48. The largest absolute Gasteiger partial charge is 0.456 e. The van der Waals surface area contributed by atoms with Gasteiger partial charge in [-0.2, -0.15) is 0 Å². The van der Waals surface area contributed by atoms with E-state index in [0.29, 0.717) is 0 Å². The molecule has 0 unspecified atom stereocenters. The second kappa shape index (κ2) is 11.0. The summed E-state index contributed by atoms with van der Waals surface area (Å²) in [5.74, 6) is 0. The van der Waals surface area contributed by atoms with Crippen molar-refractivity contribution in [2.45, 2.75) is 19.3 Å². The average molecular weight is 619 g/mol. The number of nitrogens with zero attached hydrogens (tertiary/aromatic N) is 2. The zero-order valence-corrected chi connectivity index (χ0v) is 27.0. The normalized spacial score (nSPS) is 13.0. The van der Waals surface area contributed by atoms with Crippen LogP contribution in [0.1, 0.15) is 25.0 Å². The molecule has 0 N–H and O–H groups in total. The van der Waals surface area contributed by atoms with E-state index in [4.69, 9.17) is 4.42 Å². The van der Waals surface area contributed by atoms with Gasteiger partial charge in [-0.05, 0) is 101 Å². The van der Waals surface area contributed by atoms with Gasteiger partial charge < -0.3 is 14.2 Å². The van der Waals surface area contributed by atoms with E-state index >= 15 is 0 Å². The molecule has 0 bridgehead atoms. The molecule has 0 spiro atoms. The highest BCUT2D eigenvalue weighted by atomic mass is 16.3. The fourth-order valence-corrected chi connectivity index (χ4v) is 7.57. The summed E-state index contributed by atoms with van der Waals surface area (Å²) in [6, 6.07) is 60.5. The summed E-state index contributed by atoms with van der Waals surface area (Å²) in [5.41, 5.74) is 13.6. The molecule has 9 rings (SSSR count). The number of hydrogen-bond acceptors (Lipinski definition) is 3. The molecule has 1 aliphatic carbocycles. The van der Waals surface area contributed by atoms with Gasteiger partial charge in [-0.25, -0.2) is 0 Å². The number of anilines is 6. The topological polar surface area (TPSA) is 19.6 Å². The highest BCUT2D eigenvalue weighted by Gasteiger charge is 2.35. The zero-order chi connectivity index (χ0) is 32.2. The Hall–Kier alpha value is -6.06. The lowest BCUT2D eigenvalue weighted by Crippen LogP contribution is -2.15. The number of benzene rings is 7. The van der Waals surface area contributed by atoms with Crippen LogP contribution in [0, 0.1) is 0 Å². The maximum atomic E-state index is 6.54. The maximum Gasteiger partial charge on any atom is 0.137 e. The molecule has 7 aromatic carbocycles. The molecule has 8 aromatic rings. The Morgan fingerprint density at radius 2 is 0.979 bits per heavy atom. The van der Waals surface area contributed by atoms with Crippen LogP contribution in [0.2, 0.25) is 0 Å². The third kappa shape index (κ3) is 4.43. The number of furan rings is 1. The smallest absolute Gasteiger partial charge is 0.137 e. The molecule has 0 radical (unpaired) electrons. The van der Waals surface area contributed by atoms with E-state index in [-0.39, 0.29) is 5.41 Å². The van der Waals surface area contributed by atoms with Gasteiger partial charge in [-0.3, -0.25) is 0 Å². The predicted molar refractivity (Wildman–Crippen MR) is 201 cm³/mol. The Labute approximate surface area is 280 Å². The molecule has 230 valence electrons. The number of fused-ring (bicyclic) bond motifs is 6. The van der Waals surface area contributed by atoms with Crippen molar-refractivity contribution in [3.05, 3.63) is 181 Å². The maximum absolute atomic E-state index is 6.54. The summed E-state index contributed by atoms with van der Waals surface area (Å²) in [5, 5.41) is 2.16. The van der Waals surface area contributed by atoms with Gasteiger partial charge in [0.1, 0.15) is 11.2 Å². The number of para-hydroxylation sites is 3. The lowest BCUT2D eigenvalue weighted by molar-refractivity contribution is 0.660. The van der Waals surface area contributed by atoms with Crippen molar-refractivity contribution in [3.8, 4) is 11.1 Å². The molecular weight excluding hydrogens is 585 g/mol. The highest BCUT2D eigenvalue weighted by Crippen LogP contribution is 2.51. The van der Waals surface area contributed by atoms with Crippen molar-refractivity contribution < 1.29 is 4.42 Å². The molecule has 1 aliphatic rings. The number of hydrogen-bond donors (Lipinski definition) is 0. The van der Waals surface area contributed by atoms with Crippen molar-refractivity contribution >= 4 is 56.1 Å². The summed E-state index contributed by atoms with van der Waals surface area (Å²) in [6.07, 6.45) is 0. The molecule has 1 aromatic heterocycles. The van der Waals surface area contributed by atoms with Crippen LogP contribution in [0.25, 0.3) is 33.1 Å². The molecule has 1 heterocycles. The second-order valence-electron chi connectivity index (χ2n) is 13.0. The first-order valence-electron chi connectivity index (χ1n) is 16.5. The van der Waals surface area contributed by atoms with Gasteiger partial charge in [0.15, 0.2) is 0 Å². The van der Waals surface area contributed by atoms with Gasteiger partial charge in [-0.15, -0.1) is 0 Å². The number of rotatable bonds is 6. The van der Waals surface area contributed by atoms with Crippen LogP contribution in [0.15, 0.2) is 174 Å². The van der Waals surface area contributed by atoms with Crippen LogP contribution in [-0.2, 0) is 5.41 Å². The third-order valence-electron chi connectivity index (χ3n) is 9.82. The molecular formula is C45H34N2O. The molecule has 0 atom stereocenters. The molecule has 0 aliphatic heterocycles. The Morgan fingerprint density at radius 1 is 0.417 bits per heavy atom. The molecule has 0 saturated carbocycles. The Bertz CT molecular complexity index is 2390. The standard InChI is InChI=1S/C45H34N2O/c1-45(2)39-22-13-12-21-36(39)37-29-34(25-27-40(37)45)46(31-15-6-3-7-16-31)35-26-28-42-38(30-35)44-41(23-14-24-43(44)48-42)47(32-17-8-4-9-18-32)33-19-10-5-11-20-33/h3-30H,1-2H3. The summed E-state index contributed by atoms with van der Waals surface area (Å²) >= 11 is 0. The van der Waals surface area contributed by atoms with Crippen molar-refractivity contribution in [2.75, 3.05) is 9.80 Å². The first-order valence-corrected chi connectivity index (χ1v) is 16.5. The molecule has 0 saturated heterocycles. The minimum Gasteiger partial charge on any atom is -0.456 e. The van der Waals surface area contributed by atoms with Crippen molar-refractivity contribution in [2.24, 2.45) is 0 Å². The third-order valence-corrected chi connectivity index (χ3v) is 9.82. The van der Waals surface area contributed by atoms with Gasteiger partial charge in [0.05, 0.1) is 11.1 Å². The van der Waals surface area contributed by atoms with Crippen LogP contribution in [-0.4, -0.2) is 0 Å². The van der Waals surface area contributed by atoms with E-state index in [1.807, 2.05) is 0 Å². The minimum atomic E-state index is -0.0452. The van der Waals surface area contributed by atoms with Crippen LogP contribution in [0.4, 0.5) is 34.1 Å². The molecule has 3 nitrogen and oxygen atoms in total. The average Bonchev–Trinajstić information content (AvgIpc) is 3.62. The fourth-order valence-electron chi connectivity index (χ4n) is 7.57. The first kappa shape index (κ1) is 28.2. The van der Waals surface area contributed by atoms with E-state index in [0.717, 1.165) is 56.1 Å². The quantitative estimate of drug-likeness (QED) is 0.185. The van der Waals surface area contributed by atoms with E-state index in [1.54, 1.807) is 0 Å². The Morgan fingerprint density at radius 3 is 1.67 bits per heavy atom. The van der Waals surface area contributed by atoms with Gasteiger partial charge in [0.25, 0.3) is 0 Å². The Balaban J connectivity index is 1.26. The highest BCUT2D eigenvalue weighted by molar-refractivity contribution is 6.14. The summed E-state index contributed by atoms with van der Waals surface area (Å²) in [6.45, 7) is 4.66. The summed E-state index contributed by atoms with van der Waals surface area (Å²) in [7, 11) is 0. The van der Waals surface area contributed by atoms with Crippen LogP contribution in [0.5, 0.6) is 0 Å². The first-order chi connectivity index (χ1) is 23.6.